The monoisotopic (exact) mass is 884 g/mol. The van der Waals surface area contributed by atoms with Gasteiger partial charge in [-0.3, -0.25) is 14.6 Å². The first kappa shape index (κ1) is 49.4. The molecule has 19 heteroatoms. The number of rotatable bonds is 18. The predicted octanol–water partition coefficient (Wildman–Crippen LogP) is 2.67. The number of nitrogens with one attached hydrogen (secondary N) is 2. The van der Waals surface area contributed by atoms with E-state index in [-0.39, 0.29) is 50.1 Å². The molecule has 63 heavy (non-hydrogen) atoms. The van der Waals surface area contributed by atoms with E-state index in [0.717, 1.165) is 12.8 Å². The third-order valence-corrected chi connectivity index (χ3v) is 11.0. The third-order valence-electron chi connectivity index (χ3n) is 11.0. The number of nitrogens with zero attached hydrogens (tertiary/aromatic N) is 4. The van der Waals surface area contributed by atoms with Gasteiger partial charge in [0, 0.05) is 45.8 Å². The first-order valence-electron chi connectivity index (χ1n) is 22.0. The van der Waals surface area contributed by atoms with Crippen LogP contribution in [0.5, 0.6) is 0 Å². The number of alkyl carbamates (subject to hydrolysis) is 1. The molecular weight excluding hydrogens is 821 g/mol. The maximum absolute atomic E-state index is 13.9. The summed E-state index contributed by atoms with van der Waals surface area (Å²) in [5.74, 6) is -0.884. The van der Waals surface area contributed by atoms with Gasteiger partial charge in [-0.2, -0.15) is 0 Å². The Morgan fingerprint density at radius 3 is 1.81 bits per heavy atom. The number of amides is 2. The minimum atomic E-state index is -1.21. The minimum Gasteiger partial charge on any atom is -0.477 e. The Balaban J connectivity index is 1.03. The van der Waals surface area contributed by atoms with Gasteiger partial charge in [-0.15, -0.1) is 0 Å². The Morgan fingerprint density at radius 1 is 0.683 bits per heavy atom. The van der Waals surface area contributed by atoms with E-state index in [4.69, 9.17) is 33.2 Å². The highest BCUT2D eigenvalue weighted by Crippen LogP contribution is 2.52. The molecule has 3 heterocycles. The van der Waals surface area contributed by atoms with Gasteiger partial charge in [-0.25, -0.2) is 24.4 Å². The van der Waals surface area contributed by atoms with Crippen LogP contribution in [0.1, 0.15) is 64.1 Å². The van der Waals surface area contributed by atoms with Crippen LogP contribution in [0.3, 0.4) is 0 Å². The van der Waals surface area contributed by atoms with Crippen LogP contribution in [0.15, 0.2) is 48.6 Å². The molecule has 19 nitrogen and oxygen atoms in total. The molecule has 1 saturated heterocycles. The lowest BCUT2D eigenvalue weighted by molar-refractivity contribution is -0.128. The highest BCUT2D eigenvalue weighted by Gasteiger charge is 2.49. The molecule has 0 radical (unpaired) electrons. The second-order valence-electron chi connectivity index (χ2n) is 15.4. The van der Waals surface area contributed by atoms with E-state index < -0.39 is 30.0 Å². The molecule has 5 rings (SSSR count). The van der Waals surface area contributed by atoms with Crippen molar-refractivity contribution in [3.05, 3.63) is 71.3 Å². The van der Waals surface area contributed by atoms with Crippen LogP contribution in [0, 0.1) is 17.8 Å². The number of fused-ring (bicyclic) bond motifs is 1. The number of aromatic carboxylic acids is 2. The Hall–Kier alpha value is -4.60. The summed E-state index contributed by atoms with van der Waals surface area (Å²) in [5.41, 5.74) is 0.690. The first-order valence-corrected chi connectivity index (χ1v) is 22.0. The summed E-state index contributed by atoms with van der Waals surface area (Å²) in [5, 5.41) is 24.6. The van der Waals surface area contributed by atoms with Gasteiger partial charge < -0.3 is 54.0 Å². The number of hydrogen-bond donors (Lipinski definition) is 4. The lowest BCUT2D eigenvalue weighted by atomic mass is 10.1. The van der Waals surface area contributed by atoms with Crippen molar-refractivity contribution >= 4 is 23.9 Å². The Labute approximate surface area is 368 Å². The van der Waals surface area contributed by atoms with E-state index in [9.17, 15) is 29.4 Å². The maximum Gasteiger partial charge on any atom is 0.407 e. The number of ether oxygens (including phenoxy) is 7. The topological polar surface area (TPSA) is 230 Å². The van der Waals surface area contributed by atoms with Gasteiger partial charge in [-0.05, 0) is 67.7 Å². The van der Waals surface area contributed by atoms with Crippen LogP contribution < -0.4 is 10.6 Å². The lowest BCUT2D eigenvalue weighted by Crippen LogP contribution is -2.44. The van der Waals surface area contributed by atoms with Crippen molar-refractivity contribution in [3.8, 4) is 0 Å². The van der Waals surface area contributed by atoms with E-state index in [1.165, 1.54) is 25.0 Å². The van der Waals surface area contributed by atoms with Crippen LogP contribution in [0.2, 0.25) is 0 Å². The number of pyridine rings is 2. The maximum atomic E-state index is 13.9. The van der Waals surface area contributed by atoms with E-state index in [0.29, 0.717) is 122 Å². The first-order chi connectivity index (χ1) is 30.8. The molecule has 1 aliphatic heterocycles. The summed E-state index contributed by atoms with van der Waals surface area (Å²) in [6.07, 6.45) is 8.61. The van der Waals surface area contributed by atoms with E-state index >= 15 is 0 Å². The molecule has 4 atom stereocenters. The average molecular weight is 885 g/mol. The smallest absolute Gasteiger partial charge is 0.407 e. The summed E-state index contributed by atoms with van der Waals surface area (Å²) in [6.45, 7) is 6.68. The van der Waals surface area contributed by atoms with Crippen molar-refractivity contribution in [1.29, 1.82) is 0 Å². The highest BCUT2D eigenvalue weighted by atomic mass is 16.6. The molecule has 348 valence electrons. The molecule has 2 aromatic heterocycles. The van der Waals surface area contributed by atoms with Gasteiger partial charge in [-0.1, -0.05) is 24.3 Å². The molecule has 1 saturated carbocycles. The van der Waals surface area contributed by atoms with Gasteiger partial charge in [0.05, 0.1) is 97.3 Å². The summed E-state index contributed by atoms with van der Waals surface area (Å²) in [6, 6.07) is 8.50. The normalized spacial score (nSPS) is 22.1. The average Bonchev–Trinajstić information content (AvgIpc) is 3.92. The molecule has 2 aromatic rings. The van der Waals surface area contributed by atoms with E-state index in [2.05, 4.69) is 37.7 Å². The van der Waals surface area contributed by atoms with E-state index in [1.54, 1.807) is 24.3 Å². The van der Waals surface area contributed by atoms with Crippen LogP contribution in [0.4, 0.5) is 4.79 Å². The number of carbonyl (C=O) groups excluding carboxylic acids is 2. The molecule has 0 spiro atoms. The molecule has 3 aliphatic rings. The molecule has 2 amide bonds. The van der Waals surface area contributed by atoms with Gasteiger partial charge >= 0.3 is 18.0 Å². The summed E-state index contributed by atoms with van der Waals surface area (Å²) in [4.78, 5) is 61.7. The number of carboxylic acid groups (broad SMARTS) is 2. The minimum absolute atomic E-state index is 0.0130. The zero-order valence-electron chi connectivity index (χ0n) is 36.1. The zero-order valence-corrected chi connectivity index (χ0v) is 36.1. The predicted molar refractivity (Wildman–Crippen MR) is 227 cm³/mol. The van der Waals surface area contributed by atoms with Gasteiger partial charge in [0.2, 0.25) is 5.91 Å². The molecule has 0 aromatic carbocycles. The standard InChI is InChI=1S/C44H64N6O13/c51-41(45-13-19-57-25-26-58-20-14-46-44(56)63-32-36-34-8-3-1-2-4-9-35(34)36)40(37-10-6-12-39(48-37)43(54)55)50-17-23-61-29-27-59-21-15-49(16-22-60-28-30-62-24-18-50)31-33-7-5-11-38(47-33)42(52)53/h1-2,5-7,10-12,34-36,40H,3-4,8-9,13-32H2,(H,45,51)(H,46,56)(H,52,53)(H,54,55)/b2-1-/t34-,35+,36?,40?. The summed E-state index contributed by atoms with van der Waals surface area (Å²) >= 11 is 0. The van der Waals surface area contributed by atoms with Crippen LogP contribution in [0.25, 0.3) is 0 Å². The molecule has 2 fully saturated rings. The number of hydrogen-bond acceptors (Lipinski definition) is 15. The molecule has 0 bridgehead atoms. The second-order valence-corrected chi connectivity index (χ2v) is 15.4. The lowest BCUT2D eigenvalue weighted by Gasteiger charge is -2.30. The van der Waals surface area contributed by atoms with Gasteiger partial charge in [0.25, 0.3) is 0 Å². The van der Waals surface area contributed by atoms with E-state index in [1.807, 2.05) is 4.90 Å². The number of carboxylic acids is 2. The number of aromatic nitrogens is 2. The summed E-state index contributed by atoms with van der Waals surface area (Å²) < 4.78 is 40.2. The van der Waals surface area contributed by atoms with Crippen molar-refractivity contribution in [2.45, 2.75) is 38.3 Å². The number of allylic oxidation sites excluding steroid dienone is 2. The largest absolute Gasteiger partial charge is 0.477 e. The van der Waals surface area contributed by atoms with Gasteiger partial charge in [0.1, 0.15) is 17.4 Å². The molecule has 2 unspecified atom stereocenters. The third kappa shape index (κ3) is 18.2. The highest BCUT2D eigenvalue weighted by molar-refractivity contribution is 5.86. The SMILES string of the molecule is O=C(NCCOCCOCCNC(=O)C(c1cccc(C(=O)O)n1)N1CCOCCOCCN(Cc2cccc(C(=O)O)n2)CCOCCOCC1)OCC1[C@H]2CC/C=C\CC[C@@H]12. The fourth-order valence-electron chi connectivity index (χ4n) is 7.71. The zero-order chi connectivity index (χ0) is 44.5. The Morgan fingerprint density at radius 2 is 1.22 bits per heavy atom. The van der Waals surface area contributed by atoms with Crippen LogP contribution in [-0.2, 0) is 44.5 Å². The van der Waals surface area contributed by atoms with Gasteiger partial charge in [0.15, 0.2) is 0 Å². The van der Waals surface area contributed by atoms with Crippen molar-refractivity contribution in [3.63, 3.8) is 0 Å². The van der Waals surface area contributed by atoms with Crippen LogP contribution in [-0.4, -0.2) is 179 Å². The fraction of sp³-hybridized carbons (Fsp3) is 0.636. The molecule has 4 N–H and O–H groups in total. The van der Waals surface area contributed by atoms with Crippen molar-refractivity contribution < 1.29 is 62.5 Å². The van der Waals surface area contributed by atoms with Crippen molar-refractivity contribution in [2.75, 3.05) is 125 Å². The second kappa shape index (κ2) is 28.2. The van der Waals surface area contributed by atoms with Crippen LogP contribution >= 0.6 is 0 Å². The quantitative estimate of drug-likeness (QED) is 0.125. The fourth-order valence-corrected chi connectivity index (χ4v) is 7.71. The molecule has 2 aliphatic carbocycles. The van der Waals surface area contributed by atoms with Crippen molar-refractivity contribution in [2.24, 2.45) is 17.8 Å². The Kier molecular flexibility index (Phi) is 22.2. The number of carbonyl (C=O) groups is 4. The Bertz CT molecular complexity index is 1700. The molecular formula is C44H64N6O13. The summed E-state index contributed by atoms with van der Waals surface area (Å²) in [7, 11) is 0. The van der Waals surface area contributed by atoms with Crippen molar-refractivity contribution in [1.82, 2.24) is 30.4 Å².